The summed E-state index contributed by atoms with van der Waals surface area (Å²) in [5.41, 5.74) is 1.47. The highest BCUT2D eigenvalue weighted by Crippen LogP contribution is 2.49. The number of aliphatic carboxylic acids is 1. The van der Waals surface area contributed by atoms with Crippen molar-refractivity contribution in [2.75, 3.05) is 33.1 Å². The van der Waals surface area contributed by atoms with Gasteiger partial charge in [0.15, 0.2) is 11.5 Å². The van der Waals surface area contributed by atoms with Crippen LogP contribution in [0, 0.1) is 5.82 Å². The first-order chi connectivity index (χ1) is 17.9. The monoisotopic (exact) mass is 541 g/mol. The summed E-state index contributed by atoms with van der Waals surface area (Å²) in [6.07, 6.45) is -1.35. The van der Waals surface area contributed by atoms with E-state index in [1.54, 1.807) is 32.4 Å². The van der Waals surface area contributed by atoms with Crippen LogP contribution in [-0.2, 0) is 10.2 Å². The molecule has 2 amide bonds. The highest BCUT2D eigenvalue weighted by molar-refractivity contribution is 5.89. The number of nitrogens with one attached hydrogen (secondary N) is 2. The Kier molecular flexibility index (Phi) is 9.08. The topological polar surface area (TPSA) is 100 Å². The molecule has 0 spiro atoms. The lowest BCUT2D eigenvalue weighted by atomic mass is 9.65. The molecule has 208 valence electrons. The zero-order valence-corrected chi connectivity index (χ0v) is 21.3. The number of methoxy groups -OCH3 is 2. The van der Waals surface area contributed by atoms with E-state index in [0.717, 1.165) is 43.7 Å². The van der Waals surface area contributed by atoms with E-state index in [0.29, 0.717) is 6.04 Å². The van der Waals surface area contributed by atoms with Gasteiger partial charge >= 0.3 is 18.2 Å². The van der Waals surface area contributed by atoms with Crippen molar-refractivity contribution in [3.8, 4) is 11.5 Å². The molecular formula is C26H31F4N3O5. The lowest BCUT2D eigenvalue weighted by Crippen LogP contribution is -2.52. The Morgan fingerprint density at radius 2 is 1.74 bits per heavy atom. The largest absolute Gasteiger partial charge is 0.493 e. The Hall–Kier alpha value is -3.54. The van der Waals surface area contributed by atoms with Crippen molar-refractivity contribution in [1.82, 2.24) is 10.2 Å². The summed E-state index contributed by atoms with van der Waals surface area (Å²) < 4.78 is 56.5. The Morgan fingerprint density at radius 1 is 1.08 bits per heavy atom. The highest BCUT2D eigenvalue weighted by atomic mass is 19.4. The number of nitrogens with zero attached hydrogens (tertiary/aromatic N) is 1. The molecule has 2 aromatic rings. The van der Waals surface area contributed by atoms with Crippen LogP contribution in [-0.4, -0.2) is 68.1 Å². The Labute approximate surface area is 217 Å². The molecule has 1 aliphatic heterocycles. The minimum Gasteiger partial charge on any atom is -0.493 e. The van der Waals surface area contributed by atoms with Crippen LogP contribution in [0.3, 0.4) is 0 Å². The van der Waals surface area contributed by atoms with Crippen molar-refractivity contribution in [3.63, 3.8) is 0 Å². The number of benzene rings is 2. The fourth-order valence-corrected chi connectivity index (χ4v) is 5.30. The number of halogens is 4. The van der Waals surface area contributed by atoms with Gasteiger partial charge in [0.2, 0.25) is 0 Å². The van der Waals surface area contributed by atoms with Crippen LogP contribution in [0.4, 0.5) is 28.0 Å². The molecule has 2 aromatic carbocycles. The van der Waals surface area contributed by atoms with Gasteiger partial charge in [-0.15, -0.1) is 0 Å². The summed E-state index contributed by atoms with van der Waals surface area (Å²) in [6, 6.07) is 12.4. The third kappa shape index (κ3) is 6.47. The van der Waals surface area contributed by atoms with Gasteiger partial charge < -0.3 is 30.1 Å². The van der Waals surface area contributed by atoms with E-state index in [1.807, 2.05) is 6.07 Å². The number of amides is 2. The third-order valence-corrected chi connectivity index (χ3v) is 7.19. The van der Waals surface area contributed by atoms with Crippen molar-refractivity contribution >= 4 is 17.7 Å². The van der Waals surface area contributed by atoms with Gasteiger partial charge in [0.1, 0.15) is 5.82 Å². The molecule has 1 saturated heterocycles. The van der Waals surface area contributed by atoms with Gasteiger partial charge in [-0.2, -0.15) is 13.2 Å². The molecule has 3 N–H and O–H groups in total. The zero-order valence-electron chi connectivity index (χ0n) is 21.3. The molecule has 2 fully saturated rings. The second kappa shape index (κ2) is 11.9. The molecule has 0 bridgehead atoms. The van der Waals surface area contributed by atoms with Crippen LogP contribution in [0.25, 0.3) is 0 Å². The van der Waals surface area contributed by atoms with E-state index < -0.39 is 18.0 Å². The predicted octanol–water partition coefficient (Wildman–Crippen LogP) is 4.79. The summed E-state index contributed by atoms with van der Waals surface area (Å²) in [5, 5.41) is 12.8. The minimum absolute atomic E-state index is 0.0223. The minimum atomic E-state index is -5.08. The summed E-state index contributed by atoms with van der Waals surface area (Å²) in [7, 11) is 5.45. The first-order valence-corrected chi connectivity index (χ1v) is 12.0. The van der Waals surface area contributed by atoms with Crippen molar-refractivity contribution in [3.05, 3.63) is 53.8 Å². The molecule has 0 unspecified atom stereocenters. The number of hydrogen-bond donors (Lipinski definition) is 3. The molecule has 0 aromatic heterocycles. The van der Waals surface area contributed by atoms with E-state index in [9.17, 15) is 22.4 Å². The van der Waals surface area contributed by atoms with Crippen LogP contribution in [0.2, 0.25) is 0 Å². The summed E-state index contributed by atoms with van der Waals surface area (Å²) >= 11 is 0. The van der Waals surface area contributed by atoms with E-state index in [1.165, 1.54) is 11.6 Å². The number of hydrogen-bond acceptors (Lipinski definition) is 5. The number of fused-ring (bicyclic) bond motifs is 1. The molecule has 3 atom stereocenters. The van der Waals surface area contributed by atoms with Gasteiger partial charge in [-0.1, -0.05) is 18.2 Å². The van der Waals surface area contributed by atoms with Gasteiger partial charge in [-0.05, 0) is 69.1 Å². The second-order valence-electron chi connectivity index (χ2n) is 9.32. The number of carboxylic acid groups (broad SMARTS) is 1. The molecule has 1 saturated carbocycles. The molecule has 12 heteroatoms. The lowest BCUT2D eigenvalue weighted by Gasteiger charge is -2.45. The highest BCUT2D eigenvalue weighted by Gasteiger charge is 2.50. The second-order valence-corrected chi connectivity index (χ2v) is 9.32. The van der Waals surface area contributed by atoms with Crippen molar-refractivity contribution < 1.29 is 41.7 Å². The third-order valence-electron chi connectivity index (χ3n) is 7.19. The molecule has 38 heavy (non-hydrogen) atoms. The summed E-state index contributed by atoms with van der Waals surface area (Å²) in [5.74, 6) is -1.73. The van der Waals surface area contributed by atoms with Crippen LogP contribution in [0.1, 0.15) is 31.2 Å². The first-order valence-electron chi connectivity index (χ1n) is 12.0. The number of carbonyl (C=O) groups excluding carboxylic acids is 1. The predicted molar refractivity (Wildman–Crippen MR) is 132 cm³/mol. The van der Waals surface area contributed by atoms with E-state index >= 15 is 0 Å². The average Bonchev–Trinajstić information content (AvgIpc) is 3.21. The fraction of sp³-hybridized carbons (Fsp3) is 0.462. The SMILES string of the molecule is COc1ccc([C@@]23CC[C@@H](NC(=O)Nc4ccccc4F)C[C@@H]2N(C)CC3)cc1OC.O=C(O)C(F)(F)F. The number of carboxylic acids is 1. The summed E-state index contributed by atoms with van der Waals surface area (Å²) in [6.45, 7) is 1.01. The summed E-state index contributed by atoms with van der Waals surface area (Å²) in [4.78, 5) is 23.8. The molecule has 8 nitrogen and oxygen atoms in total. The molecular weight excluding hydrogens is 510 g/mol. The lowest BCUT2D eigenvalue weighted by molar-refractivity contribution is -0.192. The van der Waals surface area contributed by atoms with Gasteiger partial charge in [0.25, 0.3) is 0 Å². The van der Waals surface area contributed by atoms with Gasteiger partial charge in [0.05, 0.1) is 19.9 Å². The number of rotatable bonds is 5. The van der Waals surface area contributed by atoms with Crippen LogP contribution >= 0.6 is 0 Å². The van der Waals surface area contributed by atoms with Crippen LogP contribution < -0.4 is 20.1 Å². The van der Waals surface area contributed by atoms with Crippen molar-refractivity contribution in [2.24, 2.45) is 0 Å². The number of urea groups is 1. The maximum Gasteiger partial charge on any atom is 0.490 e. The quantitative estimate of drug-likeness (QED) is 0.471. The Morgan fingerprint density at radius 3 is 2.34 bits per heavy atom. The standard InChI is InChI=1S/C24H30FN3O3.C2HF3O2/c1-28-13-12-24(16-8-9-20(30-2)21(14-16)31-3)11-10-17(15-22(24)28)26-23(29)27-19-7-5-4-6-18(19)25;3-2(4,5)1(6)7/h4-9,14,17,22H,10-13,15H2,1-3H3,(H2,26,27,29);(H,6,7)/t17-,22+,24+;/m1./s1. The van der Waals surface area contributed by atoms with E-state index in [-0.39, 0.29) is 23.2 Å². The molecule has 1 heterocycles. The molecule has 1 aliphatic carbocycles. The van der Waals surface area contributed by atoms with Crippen LogP contribution in [0.5, 0.6) is 11.5 Å². The van der Waals surface area contributed by atoms with Gasteiger partial charge in [-0.25, -0.2) is 14.0 Å². The Bertz CT molecular complexity index is 1150. The maximum atomic E-state index is 13.8. The number of carbonyl (C=O) groups is 2. The fourth-order valence-electron chi connectivity index (χ4n) is 5.30. The van der Waals surface area contributed by atoms with Crippen molar-refractivity contribution in [1.29, 1.82) is 0 Å². The normalized spacial score (nSPS) is 22.9. The van der Waals surface area contributed by atoms with Gasteiger partial charge in [0, 0.05) is 17.5 Å². The van der Waals surface area contributed by atoms with Gasteiger partial charge in [-0.3, -0.25) is 0 Å². The number of alkyl halides is 3. The number of anilines is 1. The number of para-hydroxylation sites is 1. The van der Waals surface area contributed by atoms with Crippen molar-refractivity contribution in [2.45, 2.75) is 49.4 Å². The number of likely N-dealkylation sites (N-methyl/N-ethyl adjacent to an activating group) is 1. The Balaban J connectivity index is 0.000000505. The number of likely N-dealkylation sites (tertiary alicyclic amines) is 1. The average molecular weight is 542 g/mol. The maximum absolute atomic E-state index is 13.8. The zero-order chi connectivity index (χ0) is 28.1. The molecule has 2 aliphatic rings. The molecule has 0 radical (unpaired) electrons. The first kappa shape index (κ1) is 29.0. The van der Waals surface area contributed by atoms with E-state index in [2.05, 4.69) is 34.7 Å². The molecule has 4 rings (SSSR count). The van der Waals surface area contributed by atoms with E-state index in [4.69, 9.17) is 19.4 Å². The number of ether oxygens (including phenoxy) is 2. The van der Waals surface area contributed by atoms with Crippen LogP contribution in [0.15, 0.2) is 42.5 Å². The smallest absolute Gasteiger partial charge is 0.490 e.